The second-order valence-corrected chi connectivity index (χ2v) is 6.68. The van der Waals surface area contributed by atoms with Gasteiger partial charge in [0.1, 0.15) is 23.2 Å². The fraction of sp³-hybridized carbons (Fsp3) is 0.235. The maximum Gasteiger partial charge on any atom is 0.222 e. The summed E-state index contributed by atoms with van der Waals surface area (Å²) in [5.74, 6) is -1.06. The molecule has 0 saturated heterocycles. The van der Waals surface area contributed by atoms with Crippen molar-refractivity contribution in [1.29, 1.82) is 5.26 Å². The molecular formula is C17H18FIN4O2S. The number of carbonyl (C=O) groups is 2. The normalized spacial score (nSPS) is 10.6. The van der Waals surface area contributed by atoms with Crippen LogP contribution in [-0.2, 0) is 4.79 Å². The molecular weight excluding hydrogens is 470 g/mol. The summed E-state index contributed by atoms with van der Waals surface area (Å²) >= 11 is 1.99. The summed E-state index contributed by atoms with van der Waals surface area (Å²) in [7, 11) is 4.63. The van der Waals surface area contributed by atoms with Gasteiger partial charge in [-0.2, -0.15) is 5.26 Å². The Morgan fingerprint density at radius 2 is 2.04 bits per heavy atom. The molecule has 9 heteroatoms. The first-order valence-electron chi connectivity index (χ1n) is 7.60. The van der Waals surface area contributed by atoms with Crippen molar-refractivity contribution < 1.29 is 14.0 Å². The van der Waals surface area contributed by atoms with Crippen LogP contribution < -0.4 is 5.32 Å². The highest BCUT2D eigenvalue weighted by atomic mass is 127. The molecule has 0 aliphatic heterocycles. The molecule has 0 saturated carbocycles. The van der Waals surface area contributed by atoms with E-state index in [1.807, 2.05) is 41.1 Å². The van der Waals surface area contributed by atoms with Gasteiger partial charge in [0.2, 0.25) is 12.2 Å². The van der Waals surface area contributed by atoms with Crippen LogP contribution in [-0.4, -0.2) is 35.2 Å². The minimum atomic E-state index is -0.603. The van der Waals surface area contributed by atoms with Gasteiger partial charge in [-0.1, -0.05) is 13.8 Å². The number of carbonyl (C=O) groups excluding carboxylic acids is 2. The van der Waals surface area contributed by atoms with Crippen LogP contribution in [0, 0.1) is 17.1 Å². The summed E-state index contributed by atoms with van der Waals surface area (Å²) in [5.41, 5.74) is 0.805. The summed E-state index contributed by atoms with van der Waals surface area (Å²) in [5, 5.41) is 12.0. The number of hydrogen-bond donors (Lipinski definition) is 1. The summed E-state index contributed by atoms with van der Waals surface area (Å²) in [6, 6.07) is 6.09. The van der Waals surface area contributed by atoms with E-state index in [1.165, 1.54) is 33.5 Å². The summed E-state index contributed by atoms with van der Waals surface area (Å²) in [4.78, 5) is 24.8. The van der Waals surface area contributed by atoms with Crippen LogP contribution in [0.5, 0.6) is 0 Å². The Labute approximate surface area is 167 Å². The van der Waals surface area contributed by atoms with E-state index in [1.54, 1.807) is 23.0 Å². The Morgan fingerprint density at radius 3 is 2.54 bits per heavy atom. The van der Waals surface area contributed by atoms with Crippen molar-refractivity contribution in [2.24, 2.45) is 0 Å². The molecule has 6 nitrogen and oxygen atoms in total. The molecule has 2 aromatic rings. The zero-order valence-electron chi connectivity index (χ0n) is 14.7. The van der Waals surface area contributed by atoms with Gasteiger partial charge >= 0.3 is 0 Å². The third-order valence-corrected chi connectivity index (χ3v) is 4.83. The highest BCUT2D eigenvalue weighted by Gasteiger charge is 2.21. The van der Waals surface area contributed by atoms with Crippen molar-refractivity contribution in [2.45, 2.75) is 13.8 Å². The van der Waals surface area contributed by atoms with Gasteiger partial charge in [0, 0.05) is 56.0 Å². The molecule has 1 aromatic carbocycles. The van der Waals surface area contributed by atoms with Gasteiger partial charge in [0.05, 0.1) is 11.2 Å². The standard InChI is InChI=1S/C15H12FIN4O2S.C2H6/c1-20(2)7-10(6-18)15(23)14-4-9-3-11(16)12(19-8-22)5-13(9)21(14)24-17;1-2/h3-5,7-8H,1-2H3,(H,19,22);1-2H3/b10-7+;. The van der Waals surface area contributed by atoms with Crippen molar-refractivity contribution >= 4 is 59.1 Å². The van der Waals surface area contributed by atoms with Crippen molar-refractivity contribution in [2.75, 3.05) is 19.4 Å². The van der Waals surface area contributed by atoms with Gasteiger partial charge < -0.3 is 10.2 Å². The van der Waals surface area contributed by atoms with Crippen molar-refractivity contribution in [1.82, 2.24) is 8.87 Å². The van der Waals surface area contributed by atoms with Gasteiger partial charge in [-0.05, 0) is 18.2 Å². The number of nitrogens with one attached hydrogen (secondary N) is 1. The number of hydrogen-bond acceptors (Lipinski definition) is 5. The first-order valence-corrected chi connectivity index (χ1v) is 10.9. The molecule has 0 spiro atoms. The molecule has 0 fully saturated rings. The summed E-state index contributed by atoms with van der Waals surface area (Å²) in [6.07, 6.45) is 1.82. The van der Waals surface area contributed by atoms with Crippen LogP contribution in [0.1, 0.15) is 24.3 Å². The predicted octanol–water partition coefficient (Wildman–Crippen LogP) is 4.37. The number of anilines is 1. The van der Waals surface area contributed by atoms with E-state index in [2.05, 4.69) is 5.32 Å². The minimum Gasteiger partial charge on any atom is -0.382 e. The lowest BCUT2D eigenvalue weighted by molar-refractivity contribution is -0.105. The first kappa shape index (κ1) is 22.0. The molecule has 0 radical (unpaired) electrons. The van der Waals surface area contributed by atoms with Gasteiger partial charge in [-0.15, -0.1) is 0 Å². The number of halogens is 2. The molecule has 1 aromatic heterocycles. The molecule has 1 heterocycles. The number of nitriles is 1. The highest BCUT2D eigenvalue weighted by Crippen LogP contribution is 2.32. The van der Waals surface area contributed by atoms with E-state index in [0.29, 0.717) is 17.3 Å². The number of fused-ring (bicyclic) bond motifs is 1. The first-order chi connectivity index (χ1) is 12.4. The van der Waals surface area contributed by atoms with E-state index >= 15 is 0 Å². The molecule has 1 N–H and O–H groups in total. The van der Waals surface area contributed by atoms with Crippen LogP contribution in [0.15, 0.2) is 30.0 Å². The lowest BCUT2D eigenvalue weighted by Crippen LogP contribution is -2.11. The van der Waals surface area contributed by atoms with Gasteiger partial charge in [-0.3, -0.25) is 13.6 Å². The van der Waals surface area contributed by atoms with Gasteiger partial charge in [0.25, 0.3) is 0 Å². The lowest BCUT2D eigenvalue weighted by Gasteiger charge is -2.08. The third kappa shape index (κ3) is 4.76. The number of allylic oxidation sites excluding steroid dienone is 1. The fourth-order valence-electron chi connectivity index (χ4n) is 2.15. The Morgan fingerprint density at radius 1 is 1.38 bits per heavy atom. The van der Waals surface area contributed by atoms with Crippen LogP contribution in [0.2, 0.25) is 0 Å². The van der Waals surface area contributed by atoms with E-state index in [-0.39, 0.29) is 17.0 Å². The largest absolute Gasteiger partial charge is 0.382 e. The molecule has 138 valence electrons. The molecule has 0 unspecified atom stereocenters. The van der Waals surface area contributed by atoms with Crippen LogP contribution in [0.25, 0.3) is 10.9 Å². The fourth-order valence-corrected chi connectivity index (χ4v) is 3.86. The molecule has 0 atom stereocenters. The molecule has 0 aliphatic carbocycles. The number of Topliss-reactive ketones (excluding diaryl/α,β-unsaturated/α-hetero) is 1. The molecule has 0 bridgehead atoms. The zero-order valence-corrected chi connectivity index (χ0v) is 17.7. The quantitative estimate of drug-likeness (QED) is 0.215. The van der Waals surface area contributed by atoms with Crippen LogP contribution >= 0.6 is 30.3 Å². The van der Waals surface area contributed by atoms with Crippen LogP contribution in [0.3, 0.4) is 0 Å². The topological polar surface area (TPSA) is 78.1 Å². The average molecular weight is 488 g/mol. The van der Waals surface area contributed by atoms with Crippen molar-refractivity contribution in [3.05, 3.63) is 41.5 Å². The van der Waals surface area contributed by atoms with E-state index < -0.39 is 11.6 Å². The SMILES string of the molecule is CC.CN(C)/C=C(\C#N)C(=O)c1cc2cc(F)c(NC=O)cc2n1SI. The summed E-state index contributed by atoms with van der Waals surface area (Å²) in [6.45, 7) is 4.00. The monoisotopic (exact) mass is 488 g/mol. The second-order valence-electron chi connectivity index (χ2n) is 4.99. The van der Waals surface area contributed by atoms with E-state index in [4.69, 9.17) is 0 Å². The van der Waals surface area contributed by atoms with E-state index in [9.17, 15) is 19.2 Å². The molecule has 26 heavy (non-hydrogen) atoms. The number of benzene rings is 1. The number of amides is 1. The maximum atomic E-state index is 14.0. The number of aromatic nitrogens is 1. The molecule has 1 amide bonds. The van der Waals surface area contributed by atoms with Crippen molar-refractivity contribution in [3.8, 4) is 6.07 Å². The average Bonchev–Trinajstić information content (AvgIpc) is 2.98. The minimum absolute atomic E-state index is 0.0191. The van der Waals surface area contributed by atoms with Crippen LogP contribution in [0.4, 0.5) is 10.1 Å². The Hall–Kier alpha value is -2.06. The predicted molar refractivity (Wildman–Crippen MR) is 112 cm³/mol. The number of ketones is 1. The second kappa shape index (κ2) is 10.2. The summed E-state index contributed by atoms with van der Waals surface area (Å²) < 4.78 is 15.5. The van der Waals surface area contributed by atoms with Gasteiger partial charge in [-0.25, -0.2) is 4.39 Å². The lowest BCUT2D eigenvalue weighted by atomic mass is 10.1. The van der Waals surface area contributed by atoms with Gasteiger partial charge in [0.15, 0.2) is 0 Å². The number of nitrogens with zero attached hydrogens (tertiary/aromatic N) is 3. The Balaban J connectivity index is 0.00000163. The molecule has 2 rings (SSSR count). The smallest absolute Gasteiger partial charge is 0.222 e. The number of rotatable bonds is 6. The van der Waals surface area contributed by atoms with Crippen molar-refractivity contribution in [3.63, 3.8) is 0 Å². The Bertz CT molecular complexity index is 887. The third-order valence-electron chi connectivity index (χ3n) is 3.11. The molecule has 0 aliphatic rings. The van der Waals surface area contributed by atoms with E-state index in [0.717, 1.165) is 0 Å². The zero-order chi connectivity index (χ0) is 19.9. The highest BCUT2D eigenvalue weighted by molar-refractivity contribution is 14.2. The maximum absolute atomic E-state index is 14.0. The Kier molecular flexibility index (Phi) is 8.60.